The molecule has 2 N–H and O–H groups in total. The Bertz CT molecular complexity index is 620. The molecular weight excluding hydrogens is 286 g/mol. The van der Waals surface area contributed by atoms with Crippen molar-refractivity contribution in [2.45, 2.75) is 37.5 Å². The van der Waals surface area contributed by atoms with E-state index in [-0.39, 0.29) is 11.8 Å². The second-order valence-electron chi connectivity index (χ2n) is 5.41. The van der Waals surface area contributed by atoms with Crippen LogP contribution in [-0.2, 0) is 15.8 Å². The highest BCUT2D eigenvalue weighted by atomic mass is 32.2. The van der Waals surface area contributed by atoms with Gasteiger partial charge in [-0.1, -0.05) is 18.6 Å². The molecule has 1 fully saturated rings. The van der Waals surface area contributed by atoms with Crippen LogP contribution < -0.4 is 5.73 Å². The highest BCUT2D eigenvalue weighted by Gasteiger charge is 2.31. The fraction of sp³-hybridized carbons (Fsp3) is 0.533. The van der Waals surface area contributed by atoms with Gasteiger partial charge in [-0.15, -0.1) is 0 Å². The van der Waals surface area contributed by atoms with Gasteiger partial charge in [-0.25, -0.2) is 8.42 Å². The van der Waals surface area contributed by atoms with Gasteiger partial charge in [-0.2, -0.15) is 9.57 Å². The van der Waals surface area contributed by atoms with Crippen molar-refractivity contribution in [2.24, 2.45) is 5.73 Å². The maximum atomic E-state index is 12.6. The van der Waals surface area contributed by atoms with Gasteiger partial charge >= 0.3 is 0 Å². The van der Waals surface area contributed by atoms with E-state index in [0.717, 1.165) is 19.3 Å². The van der Waals surface area contributed by atoms with Crippen LogP contribution in [0.3, 0.4) is 0 Å². The largest absolute Gasteiger partial charge is 0.330 e. The van der Waals surface area contributed by atoms with Gasteiger partial charge in [-0.05, 0) is 43.5 Å². The summed E-state index contributed by atoms with van der Waals surface area (Å²) in [4.78, 5) is 0. The zero-order chi connectivity index (χ0) is 15.3. The molecule has 0 amide bonds. The van der Waals surface area contributed by atoms with E-state index < -0.39 is 10.0 Å². The van der Waals surface area contributed by atoms with Gasteiger partial charge in [0.2, 0.25) is 10.0 Å². The first-order chi connectivity index (χ1) is 10.1. The standard InChI is InChI=1S/C15H21N3O2S/c16-8-7-15-6-1-2-9-18(15)21(19,20)12-14-5-3-4-13(10-14)11-17/h3-5,10,15H,1-2,6-9,12,16H2. The number of hydrogen-bond acceptors (Lipinski definition) is 4. The fourth-order valence-electron chi connectivity index (χ4n) is 2.85. The number of nitrogens with two attached hydrogens (primary N) is 1. The van der Waals surface area contributed by atoms with Gasteiger partial charge in [0.15, 0.2) is 0 Å². The first-order valence-electron chi connectivity index (χ1n) is 7.25. The summed E-state index contributed by atoms with van der Waals surface area (Å²) < 4.78 is 26.9. The predicted octanol–water partition coefficient (Wildman–Crippen LogP) is 1.59. The van der Waals surface area contributed by atoms with Crippen LogP contribution in [-0.4, -0.2) is 31.9 Å². The Labute approximate surface area is 126 Å². The molecule has 1 unspecified atom stereocenters. The zero-order valence-electron chi connectivity index (χ0n) is 12.0. The van der Waals surface area contributed by atoms with Crippen molar-refractivity contribution < 1.29 is 8.42 Å². The number of benzene rings is 1. The zero-order valence-corrected chi connectivity index (χ0v) is 12.8. The van der Waals surface area contributed by atoms with Crippen LogP contribution in [0.15, 0.2) is 24.3 Å². The Balaban J connectivity index is 2.18. The summed E-state index contributed by atoms with van der Waals surface area (Å²) in [6, 6.07) is 8.84. The molecule has 1 saturated heterocycles. The highest BCUT2D eigenvalue weighted by Crippen LogP contribution is 2.24. The van der Waals surface area contributed by atoms with E-state index in [4.69, 9.17) is 11.0 Å². The maximum absolute atomic E-state index is 12.6. The third-order valence-corrected chi connectivity index (χ3v) is 5.73. The lowest BCUT2D eigenvalue weighted by molar-refractivity contribution is 0.243. The molecular formula is C15H21N3O2S. The number of nitrogens with zero attached hydrogens (tertiary/aromatic N) is 2. The van der Waals surface area contributed by atoms with Crippen LogP contribution in [0.5, 0.6) is 0 Å². The van der Waals surface area contributed by atoms with Crippen LogP contribution >= 0.6 is 0 Å². The Morgan fingerprint density at radius 3 is 2.90 bits per heavy atom. The Hall–Kier alpha value is -1.42. The molecule has 6 heteroatoms. The number of rotatable bonds is 5. The van der Waals surface area contributed by atoms with E-state index in [1.54, 1.807) is 28.6 Å². The molecule has 5 nitrogen and oxygen atoms in total. The van der Waals surface area contributed by atoms with Crippen LogP contribution in [0.1, 0.15) is 36.8 Å². The third kappa shape index (κ3) is 4.03. The molecule has 114 valence electrons. The minimum Gasteiger partial charge on any atom is -0.330 e. The van der Waals surface area contributed by atoms with Crippen molar-refractivity contribution in [1.29, 1.82) is 5.26 Å². The molecule has 21 heavy (non-hydrogen) atoms. The minimum atomic E-state index is -3.36. The molecule has 1 aromatic rings. The molecule has 0 saturated carbocycles. The van der Waals surface area contributed by atoms with Crippen molar-refractivity contribution in [2.75, 3.05) is 13.1 Å². The summed E-state index contributed by atoms with van der Waals surface area (Å²) in [7, 11) is -3.36. The van der Waals surface area contributed by atoms with Gasteiger partial charge in [0.1, 0.15) is 0 Å². The summed E-state index contributed by atoms with van der Waals surface area (Å²) in [5.41, 5.74) is 6.74. The molecule has 0 aromatic heterocycles. The second kappa shape index (κ2) is 7.03. The molecule has 2 rings (SSSR count). The average Bonchev–Trinajstić information content (AvgIpc) is 2.48. The lowest BCUT2D eigenvalue weighted by Crippen LogP contribution is -2.45. The number of nitriles is 1. The van der Waals surface area contributed by atoms with Crippen molar-refractivity contribution in [1.82, 2.24) is 4.31 Å². The monoisotopic (exact) mass is 307 g/mol. The predicted molar refractivity (Wildman–Crippen MR) is 81.8 cm³/mol. The fourth-order valence-corrected chi connectivity index (χ4v) is 4.68. The van der Waals surface area contributed by atoms with E-state index in [0.29, 0.717) is 30.6 Å². The molecule has 1 atom stereocenters. The Morgan fingerprint density at radius 1 is 1.38 bits per heavy atom. The molecule has 0 radical (unpaired) electrons. The number of hydrogen-bond donors (Lipinski definition) is 1. The minimum absolute atomic E-state index is 0.0212. The summed E-state index contributed by atoms with van der Waals surface area (Å²) in [6.45, 7) is 1.07. The van der Waals surface area contributed by atoms with Crippen molar-refractivity contribution >= 4 is 10.0 Å². The van der Waals surface area contributed by atoms with Crippen LogP contribution in [0.4, 0.5) is 0 Å². The van der Waals surface area contributed by atoms with Gasteiger partial charge in [0.05, 0.1) is 17.4 Å². The van der Waals surface area contributed by atoms with E-state index in [9.17, 15) is 8.42 Å². The van der Waals surface area contributed by atoms with Crippen molar-refractivity contribution in [3.05, 3.63) is 35.4 Å². The molecule has 1 heterocycles. The molecule has 1 aliphatic rings. The SMILES string of the molecule is N#Cc1cccc(CS(=O)(=O)N2CCCCC2CCN)c1. The molecule has 0 aliphatic carbocycles. The van der Waals surface area contributed by atoms with Gasteiger partial charge < -0.3 is 5.73 Å². The summed E-state index contributed by atoms with van der Waals surface area (Å²) in [6.07, 6.45) is 3.55. The molecule has 1 aromatic carbocycles. The van der Waals surface area contributed by atoms with Gasteiger partial charge in [-0.3, -0.25) is 0 Å². The van der Waals surface area contributed by atoms with Crippen LogP contribution in [0, 0.1) is 11.3 Å². The van der Waals surface area contributed by atoms with E-state index in [1.807, 2.05) is 6.07 Å². The molecule has 0 spiro atoms. The van der Waals surface area contributed by atoms with E-state index >= 15 is 0 Å². The van der Waals surface area contributed by atoms with E-state index in [2.05, 4.69) is 0 Å². The van der Waals surface area contributed by atoms with Crippen LogP contribution in [0.25, 0.3) is 0 Å². The first-order valence-corrected chi connectivity index (χ1v) is 8.86. The second-order valence-corrected chi connectivity index (χ2v) is 7.33. The Kier molecular flexibility index (Phi) is 5.34. The number of sulfonamides is 1. The van der Waals surface area contributed by atoms with Crippen LogP contribution in [0.2, 0.25) is 0 Å². The van der Waals surface area contributed by atoms with Gasteiger partial charge in [0.25, 0.3) is 0 Å². The third-order valence-electron chi connectivity index (χ3n) is 3.84. The Morgan fingerprint density at radius 2 is 2.19 bits per heavy atom. The first kappa shape index (κ1) is 16.0. The van der Waals surface area contributed by atoms with Crippen molar-refractivity contribution in [3.8, 4) is 6.07 Å². The topological polar surface area (TPSA) is 87.2 Å². The van der Waals surface area contributed by atoms with Gasteiger partial charge in [0, 0.05) is 12.6 Å². The highest BCUT2D eigenvalue weighted by molar-refractivity contribution is 7.88. The summed E-state index contributed by atoms with van der Waals surface area (Å²) in [5.74, 6) is -0.0520. The lowest BCUT2D eigenvalue weighted by atomic mass is 10.0. The van der Waals surface area contributed by atoms with E-state index in [1.165, 1.54) is 0 Å². The normalized spacial score (nSPS) is 20.1. The smallest absolute Gasteiger partial charge is 0.218 e. The molecule has 0 bridgehead atoms. The quantitative estimate of drug-likeness (QED) is 0.895. The maximum Gasteiger partial charge on any atom is 0.218 e. The lowest BCUT2D eigenvalue weighted by Gasteiger charge is -2.34. The summed E-state index contributed by atoms with van der Waals surface area (Å²) >= 11 is 0. The van der Waals surface area contributed by atoms with Crippen molar-refractivity contribution in [3.63, 3.8) is 0 Å². The number of piperidine rings is 1. The molecule has 1 aliphatic heterocycles. The average molecular weight is 307 g/mol. The summed E-state index contributed by atoms with van der Waals surface area (Å²) in [5, 5.41) is 8.90.